The summed E-state index contributed by atoms with van der Waals surface area (Å²) in [5.74, 6) is -0.255. The van der Waals surface area contributed by atoms with Gasteiger partial charge in [-0.15, -0.1) is 0 Å². The molecule has 2 amide bonds. The van der Waals surface area contributed by atoms with Crippen molar-refractivity contribution in [2.45, 2.75) is 18.9 Å². The van der Waals surface area contributed by atoms with Gasteiger partial charge in [0.05, 0.1) is 12.6 Å². The van der Waals surface area contributed by atoms with Gasteiger partial charge in [-0.05, 0) is 25.0 Å². The number of carbonyl (C=O) groups excluding carboxylic acids is 2. The van der Waals surface area contributed by atoms with Crippen molar-refractivity contribution < 1.29 is 14.3 Å². The molecule has 1 fully saturated rings. The smallest absolute Gasteiger partial charge is 0.251 e. The van der Waals surface area contributed by atoms with Crippen LogP contribution in [-0.4, -0.2) is 49.6 Å². The van der Waals surface area contributed by atoms with Gasteiger partial charge in [0.1, 0.15) is 0 Å². The first-order valence-corrected chi connectivity index (χ1v) is 6.84. The molecule has 20 heavy (non-hydrogen) atoms. The molecule has 1 saturated heterocycles. The average Bonchev–Trinajstić information content (AvgIpc) is 2.53. The molecule has 0 saturated carbocycles. The summed E-state index contributed by atoms with van der Waals surface area (Å²) in [6.07, 6.45) is 1.96. The number of likely N-dealkylation sites (tertiary alicyclic amines) is 1. The quantitative estimate of drug-likeness (QED) is 0.894. The molecule has 1 N–H and O–H groups in total. The molecular weight excluding hydrogens is 256 g/mol. The van der Waals surface area contributed by atoms with Crippen LogP contribution in [0.2, 0.25) is 0 Å². The highest BCUT2D eigenvalue weighted by Crippen LogP contribution is 2.12. The Morgan fingerprint density at radius 3 is 2.50 bits per heavy atom. The van der Waals surface area contributed by atoms with E-state index in [0.717, 1.165) is 12.8 Å². The zero-order valence-corrected chi connectivity index (χ0v) is 11.7. The van der Waals surface area contributed by atoms with E-state index in [0.29, 0.717) is 18.7 Å². The normalized spacial score (nSPS) is 15.9. The SMILES string of the molecule is COC1CCN(C(=O)CNC(=O)c2ccccc2)CC1. The van der Waals surface area contributed by atoms with Crippen LogP contribution in [0.15, 0.2) is 30.3 Å². The van der Waals surface area contributed by atoms with Gasteiger partial charge in [0, 0.05) is 25.8 Å². The maximum absolute atomic E-state index is 12.0. The Kier molecular flexibility index (Phi) is 5.12. The molecule has 0 radical (unpaired) electrons. The average molecular weight is 276 g/mol. The second-order valence-corrected chi connectivity index (χ2v) is 4.86. The lowest BCUT2D eigenvalue weighted by Gasteiger charge is -2.31. The van der Waals surface area contributed by atoms with Crippen molar-refractivity contribution in [2.24, 2.45) is 0 Å². The van der Waals surface area contributed by atoms with Crippen molar-refractivity contribution in [1.29, 1.82) is 0 Å². The zero-order chi connectivity index (χ0) is 14.4. The van der Waals surface area contributed by atoms with Crippen molar-refractivity contribution in [3.05, 3.63) is 35.9 Å². The van der Waals surface area contributed by atoms with E-state index in [1.807, 2.05) is 6.07 Å². The summed E-state index contributed by atoms with van der Waals surface area (Å²) in [4.78, 5) is 25.6. The van der Waals surface area contributed by atoms with Crippen molar-refractivity contribution in [1.82, 2.24) is 10.2 Å². The van der Waals surface area contributed by atoms with Gasteiger partial charge in [0.25, 0.3) is 5.91 Å². The van der Waals surface area contributed by atoms with E-state index in [9.17, 15) is 9.59 Å². The van der Waals surface area contributed by atoms with E-state index < -0.39 is 0 Å². The predicted octanol–water partition coefficient (Wildman–Crippen LogP) is 1.05. The van der Waals surface area contributed by atoms with Gasteiger partial charge in [-0.25, -0.2) is 0 Å². The van der Waals surface area contributed by atoms with Crippen molar-refractivity contribution in [2.75, 3.05) is 26.7 Å². The largest absolute Gasteiger partial charge is 0.381 e. The van der Waals surface area contributed by atoms with Crippen LogP contribution in [0.5, 0.6) is 0 Å². The molecular formula is C15H20N2O3. The van der Waals surface area contributed by atoms with Crippen LogP contribution in [0.4, 0.5) is 0 Å². The number of nitrogens with zero attached hydrogens (tertiary/aromatic N) is 1. The minimum Gasteiger partial charge on any atom is -0.381 e. The standard InChI is InChI=1S/C15H20N2O3/c1-20-13-7-9-17(10-8-13)14(18)11-16-15(19)12-5-3-2-4-6-12/h2-6,13H,7-11H2,1H3,(H,16,19). The van der Waals surface area contributed by atoms with Gasteiger partial charge in [-0.2, -0.15) is 0 Å². The Morgan fingerprint density at radius 1 is 1.25 bits per heavy atom. The first kappa shape index (κ1) is 14.5. The van der Waals surface area contributed by atoms with Gasteiger partial charge in [-0.1, -0.05) is 18.2 Å². The van der Waals surface area contributed by atoms with Crippen LogP contribution < -0.4 is 5.32 Å². The number of amides is 2. The number of methoxy groups -OCH3 is 1. The summed E-state index contributed by atoms with van der Waals surface area (Å²) in [7, 11) is 1.70. The minimum absolute atomic E-state index is 0.0381. The molecule has 0 atom stereocenters. The van der Waals surface area contributed by atoms with Crippen LogP contribution >= 0.6 is 0 Å². The number of hydrogen-bond donors (Lipinski definition) is 1. The molecule has 0 bridgehead atoms. The van der Waals surface area contributed by atoms with Crippen molar-refractivity contribution in [3.63, 3.8) is 0 Å². The Balaban J connectivity index is 1.77. The van der Waals surface area contributed by atoms with Crippen molar-refractivity contribution >= 4 is 11.8 Å². The number of hydrogen-bond acceptors (Lipinski definition) is 3. The molecule has 2 rings (SSSR count). The Morgan fingerprint density at radius 2 is 1.90 bits per heavy atom. The van der Waals surface area contributed by atoms with Crippen LogP contribution in [0.3, 0.4) is 0 Å². The number of benzene rings is 1. The monoisotopic (exact) mass is 276 g/mol. The lowest BCUT2D eigenvalue weighted by Crippen LogP contribution is -2.45. The predicted molar refractivity (Wildman–Crippen MR) is 75.4 cm³/mol. The lowest BCUT2D eigenvalue weighted by atomic mass is 10.1. The van der Waals surface area contributed by atoms with E-state index in [4.69, 9.17) is 4.74 Å². The van der Waals surface area contributed by atoms with E-state index in [1.54, 1.807) is 36.3 Å². The summed E-state index contributed by atoms with van der Waals surface area (Å²) in [5.41, 5.74) is 0.568. The van der Waals surface area contributed by atoms with Gasteiger partial charge >= 0.3 is 0 Å². The highest BCUT2D eigenvalue weighted by molar-refractivity contribution is 5.96. The topological polar surface area (TPSA) is 58.6 Å². The van der Waals surface area contributed by atoms with Crippen LogP contribution in [0, 0.1) is 0 Å². The maximum atomic E-state index is 12.0. The molecule has 0 spiro atoms. The molecule has 1 aliphatic heterocycles. The third kappa shape index (κ3) is 3.81. The minimum atomic E-state index is -0.217. The van der Waals surface area contributed by atoms with Crippen molar-refractivity contribution in [3.8, 4) is 0 Å². The number of rotatable bonds is 4. The van der Waals surface area contributed by atoms with Gasteiger partial charge in [0.15, 0.2) is 0 Å². The molecule has 5 heteroatoms. The fourth-order valence-electron chi connectivity index (χ4n) is 2.30. The van der Waals surface area contributed by atoms with Crippen LogP contribution in [0.1, 0.15) is 23.2 Å². The summed E-state index contributed by atoms with van der Waals surface area (Å²) in [6, 6.07) is 8.90. The van der Waals surface area contributed by atoms with E-state index >= 15 is 0 Å². The molecule has 0 aromatic heterocycles. The lowest BCUT2D eigenvalue weighted by molar-refractivity contribution is -0.132. The first-order chi connectivity index (χ1) is 9.70. The fraction of sp³-hybridized carbons (Fsp3) is 0.467. The highest BCUT2D eigenvalue weighted by atomic mass is 16.5. The fourth-order valence-corrected chi connectivity index (χ4v) is 2.30. The second kappa shape index (κ2) is 7.05. The van der Waals surface area contributed by atoms with Gasteiger partial charge < -0.3 is 15.0 Å². The van der Waals surface area contributed by atoms with Gasteiger partial charge in [0.2, 0.25) is 5.91 Å². The third-order valence-corrected chi connectivity index (χ3v) is 3.56. The molecule has 0 unspecified atom stereocenters. The van der Waals surface area contributed by atoms with E-state index in [-0.39, 0.29) is 24.5 Å². The number of ether oxygens (including phenoxy) is 1. The van der Waals surface area contributed by atoms with Crippen LogP contribution in [-0.2, 0) is 9.53 Å². The number of piperidine rings is 1. The highest BCUT2D eigenvalue weighted by Gasteiger charge is 2.22. The Bertz CT molecular complexity index is 453. The summed E-state index contributed by atoms with van der Waals surface area (Å²) < 4.78 is 5.27. The summed E-state index contributed by atoms with van der Waals surface area (Å²) in [5, 5.41) is 2.66. The molecule has 5 nitrogen and oxygen atoms in total. The first-order valence-electron chi connectivity index (χ1n) is 6.84. The van der Waals surface area contributed by atoms with E-state index in [2.05, 4.69) is 5.32 Å². The Hall–Kier alpha value is -1.88. The van der Waals surface area contributed by atoms with E-state index in [1.165, 1.54) is 0 Å². The molecule has 0 aliphatic carbocycles. The summed E-state index contributed by atoms with van der Waals surface area (Å²) >= 11 is 0. The molecule has 108 valence electrons. The molecule has 1 heterocycles. The molecule has 1 aliphatic rings. The Labute approximate surface area is 118 Å². The third-order valence-electron chi connectivity index (χ3n) is 3.56. The molecule has 1 aromatic rings. The summed E-state index contributed by atoms with van der Waals surface area (Å²) in [6.45, 7) is 1.43. The number of nitrogens with one attached hydrogen (secondary N) is 1. The zero-order valence-electron chi connectivity index (χ0n) is 11.7. The van der Waals surface area contributed by atoms with Gasteiger partial charge in [-0.3, -0.25) is 9.59 Å². The van der Waals surface area contributed by atoms with Crippen LogP contribution in [0.25, 0.3) is 0 Å². The number of carbonyl (C=O) groups is 2. The maximum Gasteiger partial charge on any atom is 0.251 e. The molecule has 1 aromatic carbocycles. The second-order valence-electron chi connectivity index (χ2n) is 4.86.